The Bertz CT molecular complexity index is 151. The van der Waals surface area contributed by atoms with Gasteiger partial charge >= 0.3 is 11.9 Å². The highest BCUT2D eigenvalue weighted by Crippen LogP contribution is 1.67. The number of esters is 2. The minimum atomic E-state index is -0.337. The Balaban J connectivity index is 3.66. The Morgan fingerprint density at radius 3 is 1.67 bits per heavy atom. The zero-order chi connectivity index (χ0) is 9.56. The molecule has 0 aliphatic rings. The molecule has 0 atom stereocenters. The van der Waals surface area contributed by atoms with E-state index in [4.69, 9.17) is 0 Å². The number of quaternary nitrogens is 1. The van der Waals surface area contributed by atoms with Crippen molar-refractivity contribution in [3.05, 3.63) is 0 Å². The fourth-order valence-corrected chi connectivity index (χ4v) is 0.700. The van der Waals surface area contributed by atoms with Crippen molar-refractivity contribution in [3.8, 4) is 0 Å². The Morgan fingerprint density at radius 2 is 1.42 bits per heavy atom. The van der Waals surface area contributed by atoms with E-state index in [1.54, 1.807) is 7.05 Å². The van der Waals surface area contributed by atoms with E-state index in [0.717, 1.165) is 4.90 Å². The van der Waals surface area contributed by atoms with Gasteiger partial charge in [0.05, 0.1) is 21.3 Å². The quantitative estimate of drug-likeness (QED) is 0.496. The van der Waals surface area contributed by atoms with Crippen molar-refractivity contribution < 1.29 is 24.0 Å². The molecule has 70 valence electrons. The Hall–Kier alpha value is -1.10. The number of carbonyl (C=O) groups excluding carboxylic acids is 2. The summed E-state index contributed by atoms with van der Waals surface area (Å²) in [6.45, 7) is 0.344. The summed E-state index contributed by atoms with van der Waals surface area (Å²) in [6, 6.07) is 0. The van der Waals surface area contributed by atoms with Gasteiger partial charge in [0.2, 0.25) is 0 Å². The van der Waals surface area contributed by atoms with Crippen LogP contribution in [0.4, 0.5) is 0 Å². The van der Waals surface area contributed by atoms with Crippen LogP contribution >= 0.6 is 0 Å². The largest absolute Gasteiger partial charge is 0.465 e. The highest BCUT2D eigenvalue weighted by Gasteiger charge is 2.13. The predicted octanol–water partition coefficient (Wildman–Crippen LogP) is -2.15. The molecule has 0 unspecified atom stereocenters. The number of rotatable bonds is 4. The molecule has 0 spiro atoms. The predicted molar refractivity (Wildman–Crippen MR) is 40.7 cm³/mol. The van der Waals surface area contributed by atoms with E-state index in [9.17, 15) is 9.59 Å². The van der Waals surface area contributed by atoms with Gasteiger partial charge in [-0.05, 0) is 0 Å². The number of ether oxygens (including phenoxy) is 2. The average Bonchev–Trinajstić information content (AvgIpc) is 2.03. The van der Waals surface area contributed by atoms with Gasteiger partial charge in [-0.2, -0.15) is 0 Å². The summed E-state index contributed by atoms with van der Waals surface area (Å²) in [5, 5.41) is 0. The average molecular weight is 176 g/mol. The number of likely N-dealkylation sites (N-methyl/N-ethyl adjacent to an activating group) is 1. The van der Waals surface area contributed by atoms with Gasteiger partial charge in [0.1, 0.15) is 0 Å². The van der Waals surface area contributed by atoms with Crippen LogP contribution in [0.1, 0.15) is 0 Å². The molecule has 0 bridgehead atoms. The molecular weight excluding hydrogens is 162 g/mol. The molecule has 0 aliphatic heterocycles. The molecule has 5 nitrogen and oxygen atoms in total. The minimum absolute atomic E-state index is 0.172. The van der Waals surface area contributed by atoms with Crippen LogP contribution < -0.4 is 4.90 Å². The number of methoxy groups -OCH3 is 2. The van der Waals surface area contributed by atoms with Crippen molar-refractivity contribution in [2.24, 2.45) is 0 Å². The van der Waals surface area contributed by atoms with E-state index in [2.05, 4.69) is 9.47 Å². The molecule has 0 aliphatic carbocycles. The van der Waals surface area contributed by atoms with Crippen LogP contribution in [0.25, 0.3) is 0 Å². The first kappa shape index (κ1) is 10.9. The first-order chi connectivity index (χ1) is 5.60. The van der Waals surface area contributed by atoms with Crippen LogP contribution in [0.2, 0.25) is 0 Å². The molecule has 0 radical (unpaired) electrons. The zero-order valence-corrected chi connectivity index (χ0v) is 7.55. The van der Waals surface area contributed by atoms with Crippen molar-refractivity contribution in [1.82, 2.24) is 0 Å². The molecule has 0 aromatic heterocycles. The maximum atomic E-state index is 10.7. The lowest BCUT2D eigenvalue weighted by Gasteiger charge is -2.09. The Labute approximate surface area is 71.2 Å². The van der Waals surface area contributed by atoms with Crippen molar-refractivity contribution in [3.63, 3.8) is 0 Å². The summed E-state index contributed by atoms with van der Waals surface area (Å²) < 4.78 is 8.85. The first-order valence-corrected chi connectivity index (χ1v) is 3.55. The molecule has 5 heteroatoms. The summed E-state index contributed by atoms with van der Waals surface area (Å²) >= 11 is 0. The van der Waals surface area contributed by atoms with Crippen LogP contribution in [-0.4, -0.2) is 46.3 Å². The van der Waals surface area contributed by atoms with E-state index in [1.807, 2.05) is 0 Å². The van der Waals surface area contributed by atoms with Crippen LogP contribution in [0, 0.1) is 0 Å². The molecule has 12 heavy (non-hydrogen) atoms. The molecule has 0 saturated carbocycles. The van der Waals surface area contributed by atoms with Gasteiger partial charge in [-0.15, -0.1) is 0 Å². The fourth-order valence-electron chi connectivity index (χ4n) is 0.700. The third-order valence-electron chi connectivity index (χ3n) is 1.35. The van der Waals surface area contributed by atoms with Gasteiger partial charge in [-0.1, -0.05) is 0 Å². The maximum Gasteiger partial charge on any atom is 0.361 e. The van der Waals surface area contributed by atoms with E-state index in [0.29, 0.717) is 0 Å². The van der Waals surface area contributed by atoms with Crippen LogP contribution in [0.3, 0.4) is 0 Å². The summed E-state index contributed by atoms with van der Waals surface area (Å²) in [5.74, 6) is -0.673. The molecule has 1 N–H and O–H groups in total. The normalized spacial score (nSPS) is 9.67. The number of carbonyl (C=O) groups is 2. The summed E-state index contributed by atoms with van der Waals surface area (Å²) in [6.07, 6.45) is 0. The maximum absolute atomic E-state index is 10.7. The van der Waals surface area contributed by atoms with Gasteiger partial charge in [0, 0.05) is 0 Å². The lowest BCUT2D eigenvalue weighted by atomic mass is 10.5. The van der Waals surface area contributed by atoms with Crippen molar-refractivity contribution in [2.75, 3.05) is 34.4 Å². The second-order valence-electron chi connectivity index (χ2n) is 2.46. The third kappa shape index (κ3) is 4.68. The highest BCUT2D eigenvalue weighted by atomic mass is 16.5. The van der Waals surface area contributed by atoms with Crippen molar-refractivity contribution in [1.29, 1.82) is 0 Å². The first-order valence-electron chi connectivity index (χ1n) is 3.55. The second-order valence-corrected chi connectivity index (χ2v) is 2.46. The fraction of sp³-hybridized carbons (Fsp3) is 0.714. The van der Waals surface area contributed by atoms with Crippen LogP contribution in [0.5, 0.6) is 0 Å². The van der Waals surface area contributed by atoms with Gasteiger partial charge in [-0.25, -0.2) is 9.59 Å². The molecule has 0 heterocycles. The number of hydrogen-bond donors (Lipinski definition) is 1. The van der Waals surface area contributed by atoms with E-state index in [1.165, 1.54) is 14.2 Å². The number of hydrogen-bond acceptors (Lipinski definition) is 4. The monoisotopic (exact) mass is 176 g/mol. The van der Waals surface area contributed by atoms with Gasteiger partial charge in [-0.3, -0.25) is 0 Å². The second kappa shape index (κ2) is 5.54. The highest BCUT2D eigenvalue weighted by molar-refractivity contribution is 5.72. The SMILES string of the molecule is COC(=O)C[NH+](C)CC(=O)OC. The van der Waals surface area contributed by atoms with Gasteiger partial charge in [0.25, 0.3) is 0 Å². The molecule has 0 saturated heterocycles. The third-order valence-corrected chi connectivity index (χ3v) is 1.35. The Morgan fingerprint density at radius 1 is 1.08 bits per heavy atom. The lowest BCUT2D eigenvalue weighted by molar-refractivity contribution is -0.864. The molecule has 0 aromatic rings. The van der Waals surface area contributed by atoms with Crippen molar-refractivity contribution >= 4 is 11.9 Å². The molecule has 0 rings (SSSR count). The summed E-state index contributed by atoms with van der Waals surface area (Å²) in [5.41, 5.74) is 0. The lowest BCUT2D eigenvalue weighted by Crippen LogP contribution is -3.11. The molecule has 0 aromatic carbocycles. The summed E-state index contributed by atoms with van der Waals surface area (Å²) in [4.78, 5) is 22.1. The molecule has 0 amide bonds. The summed E-state index contributed by atoms with van der Waals surface area (Å²) in [7, 11) is 4.34. The molecular formula is C7H14NO4+. The minimum Gasteiger partial charge on any atom is -0.465 e. The topological polar surface area (TPSA) is 57.0 Å². The standard InChI is InChI=1S/C7H13NO4/c1-8(4-6(9)11-2)5-7(10)12-3/h4-5H2,1-3H3/p+1. The van der Waals surface area contributed by atoms with E-state index < -0.39 is 0 Å². The van der Waals surface area contributed by atoms with Gasteiger partial charge in [0.15, 0.2) is 13.1 Å². The smallest absolute Gasteiger partial charge is 0.361 e. The Kier molecular flexibility index (Phi) is 5.03. The molecule has 0 fully saturated rings. The number of nitrogens with one attached hydrogen (secondary N) is 1. The van der Waals surface area contributed by atoms with E-state index >= 15 is 0 Å². The van der Waals surface area contributed by atoms with Crippen LogP contribution in [-0.2, 0) is 19.1 Å². The van der Waals surface area contributed by atoms with Gasteiger partial charge < -0.3 is 14.4 Å². The van der Waals surface area contributed by atoms with E-state index in [-0.39, 0.29) is 25.0 Å². The van der Waals surface area contributed by atoms with Crippen molar-refractivity contribution in [2.45, 2.75) is 0 Å². The van der Waals surface area contributed by atoms with Crippen LogP contribution in [0.15, 0.2) is 0 Å². The zero-order valence-electron chi connectivity index (χ0n) is 7.55.